The molecule has 10 nitrogen and oxygen atoms in total. The number of anilines is 2. The van der Waals surface area contributed by atoms with Crippen LogP contribution in [-0.4, -0.2) is 67.2 Å². The maximum Gasteiger partial charge on any atom is 0.255 e. The molecular weight excluding hydrogens is 478 g/mol. The largest absolute Gasteiger partial charge is 0.377 e. The van der Waals surface area contributed by atoms with Gasteiger partial charge in [0.1, 0.15) is 6.23 Å². The van der Waals surface area contributed by atoms with Crippen molar-refractivity contribution in [1.29, 1.82) is 0 Å². The molecule has 4 heterocycles. The summed E-state index contributed by atoms with van der Waals surface area (Å²) in [5.41, 5.74) is 1.45. The van der Waals surface area contributed by atoms with Crippen LogP contribution in [0.3, 0.4) is 0 Å². The molecule has 0 radical (unpaired) electrons. The van der Waals surface area contributed by atoms with Crippen molar-refractivity contribution >= 4 is 39.0 Å². The van der Waals surface area contributed by atoms with Crippen LogP contribution in [0.1, 0.15) is 24.2 Å². The zero-order valence-corrected chi connectivity index (χ0v) is 20.7. The Kier molecular flexibility index (Phi) is 6.65. The second kappa shape index (κ2) is 9.88. The van der Waals surface area contributed by atoms with Crippen LogP contribution >= 0.6 is 11.3 Å². The number of hydrogen-bond donors (Lipinski definition) is 5. The molecule has 11 heteroatoms. The molecule has 5 rings (SSSR count). The van der Waals surface area contributed by atoms with Gasteiger partial charge in [-0.25, -0.2) is 9.97 Å². The fourth-order valence-electron chi connectivity index (χ4n) is 4.14. The van der Waals surface area contributed by atoms with Gasteiger partial charge in [0.2, 0.25) is 5.95 Å². The number of nitrogens with one attached hydrogen (secondary N) is 3. The molecule has 1 aliphatic heterocycles. The Morgan fingerprint density at radius 3 is 2.69 bits per heavy atom. The highest BCUT2D eigenvalue weighted by Gasteiger charge is 2.45. The molecule has 186 valence electrons. The number of fused-ring (bicyclic) bond motifs is 1. The van der Waals surface area contributed by atoms with E-state index in [9.17, 15) is 15.0 Å². The lowest BCUT2D eigenvalue weighted by atomic mass is 10.0. The van der Waals surface area contributed by atoms with Crippen molar-refractivity contribution in [2.45, 2.75) is 32.0 Å². The summed E-state index contributed by atoms with van der Waals surface area (Å²) in [6.45, 7) is 4.72. The van der Waals surface area contributed by atoms with Crippen LogP contribution in [0.2, 0.25) is 0 Å². The Morgan fingerprint density at radius 2 is 1.94 bits per heavy atom. The average molecular weight is 506 g/mol. The Morgan fingerprint density at radius 1 is 1.14 bits per heavy atom. The van der Waals surface area contributed by atoms with E-state index in [2.05, 4.69) is 30.9 Å². The topological polar surface area (TPSA) is 136 Å². The first-order valence-corrected chi connectivity index (χ1v) is 12.3. The molecule has 4 aromatic rings. The zero-order chi connectivity index (χ0) is 25.3. The maximum absolute atomic E-state index is 12.5. The van der Waals surface area contributed by atoms with Crippen molar-refractivity contribution < 1.29 is 15.0 Å². The highest BCUT2D eigenvalue weighted by atomic mass is 32.1. The van der Waals surface area contributed by atoms with Crippen molar-refractivity contribution in [3.63, 3.8) is 0 Å². The summed E-state index contributed by atoms with van der Waals surface area (Å²) in [5.74, 6) is 0.295. The molecule has 2 atom stereocenters. The van der Waals surface area contributed by atoms with Gasteiger partial charge in [0.05, 0.1) is 16.1 Å². The summed E-state index contributed by atoms with van der Waals surface area (Å²) < 4.78 is 1.08. The molecule has 0 saturated carbocycles. The Bertz CT molecular complexity index is 1380. The van der Waals surface area contributed by atoms with Gasteiger partial charge < -0.3 is 20.8 Å². The van der Waals surface area contributed by atoms with E-state index < -0.39 is 18.1 Å². The highest BCUT2D eigenvalue weighted by molar-refractivity contribution is 7.22. The zero-order valence-electron chi connectivity index (χ0n) is 19.8. The number of pyridine rings is 1. The van der Waals surface area contributed by atoms with Crippen LogP contribution in [0.4, 0.5) is 11.6 Å². The third-order valence-corrected chi connectivity index (χ3v) is 7.41. The number of hydrogen-bond acceptors (Lipinski definition) is 10. The van der Waals surface area contributed by atoms with Gasteiger partial charge >= 0.3 is 0 Å². The highest BCUT2D eigenvalue weighted by Crippen LogP contribution is 2.34. The molecule has 0 spiro atoms. The van der Waals surface area contributed by atoms with Crippen molar-refractivity contribution in [3.05, 3.63) is 66.6 Å². The van der Waals surface area contributed by atoms with Gasteiger partial charge in [-0.2, -0.15) is 0 Å². The smallest absolute Gasteiger partial charge is 0.255 e. The van der Waals surface area contributed by atoms with Crippen LogP contribution in [0.15, 0.2) is 61.1 Å². The number of aromatic nitrogens is 3. The van der Waals surface area contributed by atoms with E-state index in [1.54, 1.807) is 47.0 Å². The first-order chi connectivity index (χ1) is 17.3. The summed E-state index contributed by atoms with van der Waals surface area (Å²) >= 11 is 1.61. The van der Waals surface area contributed by atoms with E-state index >= 15 is 0 Å². The van der Waals surface area contributed by atoms with E-state index in [4.69, 9.17) is 0 Å². The summed E-state index contributed by atoms with van der Waals surface area (Å²) in [5, 5.41) is 30.1. The van der Waals surface area contributed by atoms with Crippen molar-refractivity contribution in [1.82, 2.24) is 25.2 Å². The number of carbonyl (C=O) groups excluding carboxylic acids is 1. The summed E-state index contributed by atoms with van der Waals surface area (Å²) in [6, 6.07) is 13.1. The number of amides is 1. The molecule has 3 aromatic heterocycles. The van der Waals surface area contributed by atoms with Crippen molar-refractivity contribution in [3.8, 4) is 10.6 Å². The van der Waals surface area contributed by atoms with E-state index in [0.717, 1.165) is 20.7 Å². The summed E-state index contributed by atoms with van der Waals surface area (Å²) in [6.07, 6.45) is 3.15. The van der Waals surface area contributed by atoms with E-state index in [1.807, 2.05) is 44.2 Å². The number of rotatable bonds is 7. The van der Waals surface area contributed by atoms with Crippen molar-refractivity contribution in [2.24, 2.45) is 0 Å². The minimum absolute atomic E-state index is 0.186. The van der Waals surface area contributed by atoms with Crippen LogP contribution in [0, 0.1) is 0 Å². The second-order valence-corrected chi connectivity index (χ2v) is 10.1. The number of carbonyl (C=O) groups is 1. The lowest BCUT2D eigenvalue weighted by molar-refractivity contribution is -0.0191. The molecule has 0 aliphatic carbocycles. The van der Waals surface area contributed by atoms with Crippen molar-refractivity contribution in [2.75, 3.05) is 23.7 Å². The van der Waals surface area contributed by atoms with Crippen LogP contribution in [-0.2, 0) is 0 Å². The second-order valence-electron chi connectivity index (χ2n) is 9.04. The lowest BCUT2D eigenvalue weighted by Gasteiger charge is -2.33. The monoisotopic (exact) mass is 505 g/mol. The first-order valence-electron chi connectivity index (χ1n) is 11.5. The molecule has 1 fully saturated rings. The molecule has 36 heavy (non-hydrogen) atoms. The lowest BCUT2D eigenvalue weighted by Crippen LogP contribution is -2.49. The maximum atomic E-state index is 12.5. The van der Waals surface area contributed by atoms with Gasteiger partial charge in [0, 0.05) is 47.6 Å². The molecule has 1 saturated heterocycles. The molecular formula is C25H27N7O3S. The Hall–Kier alpha value is -3.48. The van der Waals surface area contributed by atoms with E-state index in [0.29, 0.717) is 30.3 Å². The predicted octanol–water partition coefficient (Wildman–Crippen LogP) is 2.70. The number of aliphatic hydroxyl groups excluding tert-OH is 2. The number of nitrogens with zero attached hydrogens (tertiary/aromatic N) is 4. The number of thiophene rings is 1. The normalized spacial score (nSPS) is 19.4. The van der Waals surface area contributed by atoms with E-state index in [1.165, 1.54) is 0 Å². The average Bonchev–Trinajstić information content (AvgIpc) is 3.38. The molecule has 1 aromatic carbocycles. The molecule has 0 bridgehead atoms. The van der Waals surface area contributed by atoms with Gasteiger partial charge in [-0.3, -0.25) is 20.0 Å². The Labute approximate surface area is 212 Å². The van der Waals surface area contributed by atoms with Crippen LogP contribution < -0.4 is 16.0 Å². The van der Waals surface area contributed by atoms with E-state index in [-0.39, 0.29) is 5.91 Å². The minimum Gasteiger partial charge on any atom is -0.377 e. The van der Waals surface area contributed by atoms with Gasteiger partial charge in [-0.15, -0.1) is 11.3 Å². The quantitative estimate of drug-likeness (QED) is 0.257. The molecule has 2 unspecified atom stereocenters. The molecule has 1 aliphatic rings. The SMILES string of the molecule is CC1(C)C(O)NC(O)N1CCNc1nccc(-c2cc3cc(NC(=O)c4ccncc4)ccc3s2)n1. The van der Waals surface area contributed by atoms with Crippen LogP contribution in [0.5, 0.6) is 0 Å². The van der Waals surface area contributed by atoms with Gasteiger partial charge in [0.25, 0.3) is 5.91 Å². The number of aliphatic hydroxyl groups is 2. The van der Waals surface area contributed by atoms with Gasteiger partial charge in [0.15, 0.2) is 6.35 Å². The summed E-state index contributed by atoms with van der Waals surface area (Å²) in [4.78, 5) is 28.1. The first kappa shape index (κ1) is 24.2. The number of benzene rings is 1. The fraction of sp³-hybridized carbons (Fsp3) is 0.280. The molecule has 1 amide bonds. The fourth-order valence-corrected chi connectivity index (χ4v) is 5.15. The summed E-state index contributed by atoms with van der Waals surface area (Å²) in [7, 11) is 0. The Balaban J connectivity index is 1.26. The standard InChI is InChI=1S/C25H27N7O3S/c1-25(2)22(34)31-24(35)32(25)12-11-28-23-27-10-7-18(30-23)20-14-16-13-17(3-4-19(16)36-20)29-21(33)15-5-8-26-9-6-15/h3-10,13-14,22,24,31,34-35H,11-12H2,1-2H3,(H,29,33)(H,27,28,30). The van der Waals surface area contributed by atoms with Gasteiger partial charge in [-0.05, 0) is 61.7 Å². The molecule has 5 N–H and O–H groups in total. The third kappa shape index (κ3) is 4.92. The predicted molar refractivity (Wildman–Crippen MR) is 139 cm³/mol. The van der Waals surface area contributed by atoms with Gasteiger partial charge in [-0.1, -0.05) is 0 Å². The minimum atomic E-state index is -0.915. The third-order valence-electron chi connectivity index (χ3n) is 6.27. The van der Waals surface area contributed by atoms with Crippen LogP contribution in [0.25, 0.3) is 20.7 Å².